The second-order valence-corrected chi connectivity index (χ2v) is 3.00. The molecule has 0 rings (SSSR count). The van der Waals surface area contributed by atoms with Crippen LogP contribution in [0.5, 0.6) is 0 Å². The van der Waals surface area contributed by atoms with Crippen molar-refractivity contribution in [1.82, 2.24) is 0 Å². The van der Waals surface area contributed by atoms with E-state index in [9.17, 15) is 29.4 Å². The summed E-state index contributed by atoms with van der Waals surface area (Å²) in [7, 11) is 0. The van der Waals surface area contributed by atoms with Gasteiger partial charge in [0.1, 0.15) is 0 Å². The van der Waals surface area contributed by atoms with Gasteiger partial charge in [0.15, 0.2) is 12.2 Å². The summed E-state index contributed by atoms with van der Waals surface area (Å²) >= 11 is 0. The van der Waals surface area contributed by atoms with Gasteiger partial charge in [0.25, 0.3) is 0 Å². The Bertz CT molecular complexity index is 321. The molecule has 0 radical (unpaired) electrons. The molecule has 0 aromatic carbocycles. The molecule has 0 aromatic rings. The standard InChI is InChI=1S/2C4H6O6.Mg/c2*5-2(1-3(6)7)4(8)10-9;/h2*2,5,9H,1H2,(H,6,7);/q;;+2/p-2. The van der Waals surface area contributed by atoms with Crippen molar-refractivity contribution in [2.24, 2.45) is 0 Å². The summed E-state index contributed by atoms with van der Waals surface area (Å²) in [6.45, 7) is 0. The van der Waals surface area contributed by atoms with Gasteiger partial charge < -0.3 is 30.0 Å². The molecule has 0 aromatic heterocycles. The number of hydrogen-bond donors (Lipinski definition) is 4. The van der Waals surface area contributed by atoms with Crippen LogP contribution in [0.2, 0.25) is 0 Å². The quantitative estimate of drug-likeness (QED) is 0.205. The molecule has 0 aliphatic rings. The fourth-order valence-corrected chi connectivity index (χ4v) is 0.604. The van der Waals surface area contributed by atoms with E-state index in [1.807, 2.05) is 0 Å². The Labute approximate surface area is 132 Å². The van der Waals surface area contributed by atoms with Crippen molar-refractivity contribution < 1.29 is 59.9 Å². The van der Waals surface area contributed by atoms with E-state index in [1.165, 1.54) is 0 Å². The van der Waals surface area contributed by atoms with Crippen LogP contribution in [-0.4, -0.2) is 79.9 Å². The van der Waals surface area contributed by atoms with Gasteiger partial charge in [0.05, 0.1) is 0 Å². The van der Waals surface area contributed by atoms with Gasteiger partial charge in [-0.2, -0.15) is 10.5 Å². The number of aliphatic hydroxyl groups excluding tert-OH is 2. The van der Waals surface area contributed by atoms with Gasteiger partial charge in [-0.25, -0.2) is 9.59 Å². The van der Waals surface area contributed by atoms with E-state index in [1.54, 1.807) is 0 Å². The second-order valence-electron chi connectivity index (χ2n) is 3.00. The molecule has 13 heteroatoms. The molecule has 2 atom stereocenters. The van der Waals surface area contributed by atoms with E-state index in [0.717, 1.165) is 0 Å². The van der Waals surface area contributed by atoms with Gasteiger partial charge in [-0.15, -0.1) is 0 Å². The third-order valence-electron chi connectivity index (χ3n) is 1.44. The minimum atomic E-state index is -1.87. The smallest absolute Gasteiger partial charge is 0.550 e. The zero-order valence-corrected chi connectivity index (χ0v) is 11.7. The molecular formula is C8H10MgO12. The zero-order valence-electron chi connectivity index (χ0n) is 10.3. The normalized spacial score (nSPS) is 11.6. The molecule has 0 aliphatic carbocycles. The van der Waals surface area contributed by atoms with Gasteiger partial charge in [-0.05, 0) is 0 Å². The van der Waals surface area contributed by atoms with Gasteiger partial charge in [-0.3, -0.25) is 9.78 Å². The van der Waals surface area contributed by atoms with E-state index in [0.29, 0.717) is 0 Å². The molecule has 12 nitrogen and oxygen atoms in total. The number of rotatable bonds is 6. The van der Waals surface area contributed by atoms with Crippen LogP contribution in [0.4, 0.5) is 0 Å². The molecule has 0 spiro atoms. The van der Waals surface area contributed by atoms with Crippen molar-refractivity contribution in [3.05, 3.63) is 0 Å². The minimum absolute atomic E-state index is 0. The van der Waals surface area contributed by atoms with E-state index in [2.05, 4.69) is 9.78 Å². The Kier molecular flexibility index (Phi) is 15.7. The third kappa shape index (κ3) is 14.7. The summed E-state index contributed by atoms with van der Waals surface area (Å²) in [5, 5.41) is 51.4. The fourth-order valence-electron chi connectivity index (χ4n) is 0.604. The molecular weight excluding hydrogens is 312 g/mol. The second kappa shape index (κ2) is 13.5. The van der Waals surface area contributed by atoms with Crippen molar-refractivity contribution in [2.45, 2.75) is 25.0 Å². The average molecular weight is 322 g/mol. The van der Waals surface area contributed by atoms with Crippen molar-refractivity contribution in [1.29, 1.82) is 0 Å². The van der Waals surface area contributed by atoms with E-state index in [4.69, 9.17) is 20.7 Å². The van der Waals surface area contributed by atoms with Crippen LogP contribution in [0.1, 0.15) is 12.8 Å². The molecule has 0 bridgehead atoms. The molecule has 0 fully saturated rings. The van der Waals surface area contributed by atoms with Crippen molar-refractivity contribution in [3.63, 3.8) is 0 Å². The predicted molar refractivity (Wildman–Crippen MR) is 54.5 cm³/mol. The first kappa shape index (κ1) is 24.5. The molecule has 116 valence electrons. The van der Waals surface area contributed by atoms with Crippen LogP contribution in [0, 0.1) is 0 Å². The summed E-state index contributed by atoms with van der Waals surface area (Å²) in [5.41, 5.74) is 0. The van der Waals surface area contributed by atoms with Gasteiger partial charge in [0, 0.05) is 24.8 Å². The van der Waals surface area contributed by atoms with E-state index in [-0.39, 0.29) is 23.1 Å². The maximum Gasteiger partial charge on any atom is 2.00 e. The number of carbonyl (C=O) groups excluding carboxylic acids is 4. The average Bonchev–Trinajstić information content (AvgIpc) is 2.35. The molecule has 0 heterocycles. The maximum atomic E-state index is 10.0. The van der Waals surface area contributed by atoms with Crippen LogP contribution in [0.25, 0.3) is 0 Å². The molecule has 0 saturated carbocycles. The Hall–Kier alpha value is -1.51. The number of hydrogen-bond acceptors (Lipinski definition) is 12. The first-order valence-corrected chi connectivity index (χ1v) is 4.62. The third-order valence-corrected chi connectivity index (χ3v) is 1.44. The van der Waals surface area contributed by atoms with E-state index < -0.39 is 48.9 Å². The summed E-state index contributed by atoms with van der Waals surface area (Å²) in [4.78, 5) is 45.5. The Balaban J connectivity index is -0.000000295. The van der Waals surface area contributed by atoms with Crippen LogP contribution in [0.3, 0.4) is 0 Å². The fraction of sp³-hybridized carbons (Fsp3) is 0.500. The summed E-state index contributed by atoms with van der Waals surface area (Å²) in [6, 6.07) is 0. The number of aliphatic hydroxyl groups is 2. The number of carboxylic acid groups (broad SMARTS) is 2. The maximum absolute atomic E-state index is 10.0. The Morgan fingerprint density at radius 3 is 1.19 bits per heavy atom. The van der Waals surface area contributed by atoms with Crippen LogP contribution in [-0.2, 0) is 29.0 Å². The van der Waals surface area contributed by atoms with Gasteiger partial charge in [-0.1, -0.05) is 0 Å². The Morgan fingerprint density at radius 2 is 1.05 bits per heavy atom. The minimum Gasteiger partial charge on any atom is -0.550 e. The summed E-state index contributed by atoms with van der Waals surface area (Å²) in [6.07, 6.45) is -5.51. The molecule has 0 aliphatic heterocycles. The molecule has 0 saturated heterocycles. The monoisotopic (exact) mass is 322 g/mol. The van der Waals surface area contributed by atoms with Crippen LogP contribution >= 0.6 is 0 Å². The topological polar surface area (TPSA) is 214 Å². The molecule has 2 unspecified atom stereocenters. The molecule has 4 N–H and O–H groups in total. The van der Waals surface area contributed by atoms with Crippen LogP contribution in [0.15, 0.2) is 0 Å². The van der Waals surface area contributed by atoms with Crippen molar-refractivity contribution in [3.8, 4) is 0 Å². The summed E-state index contributed by atoms with van der Waals surface area (Å²) in [5.74, 6) is -6.02. The SMILES string of the molecule is O=C([O-])CC(O)C(=O)OO.O=C([O-])CC(O)C(=O)OO.[Mg+2]. The molecule has 21 heavy (non-hydrogen) atoms. The summed E-state index contributed by atoms with van der Waals surface area (Å²) < 4.78 is 0. The van der Waals surface area contributed by atoms with Gasteiger partial charge in [0.2, 0.25) is 0 Å². The van der Waals surface area contributed by atoms with Crippen molar-refractivity contribution >= 4 is 46.9 Å². The largest absolute Gasteiger partial charge is 2.00 e. The van der Waals surface area contributed by atoms with Crippen molar-refractivity contribution in [2.75, 3.05) is 0 Å². The first-order valence-electron chi connectivity index (χ1n) is 4.62. The molecule has 0 amide bonds. The zero-order chi connectivity index (χ0) is 16.3. The first-order chi connectivity index (χ1) is 9.15. The Morgan fingerprint density at radius 1 is 0.810 bits per heavy atom. The number of carbonyl (C=O) groups is 4. The number of carboxylic acids is 2. The number of aliphatic carboxylic acids is 2. The predicted octanol–water partition coefficient (Wildman–Crippen LogP) is -5.37. The van der Waals surface area contributed by atoms with E-state index >= 15 is 0 Å². The van der Waals surface area contributed by atoms with Crippen LogP contribution < -0.4 is 10.2 Å². The van der Waals surface area contributed by atoms with Gasteiger partial charge >= 0.3 is 35.0 Å².